The lowest BCUT2D eigenvalue weighted by Crippen LogP contribution is -2.24. The minimum atomic E-state index is -0.399. The third kappa shape index (κ3) is 1.97. The van der Waals surface area contributed by atoms with Crippen molar-refractivity contribution in [3.8, 4) is 0 Å². The van der Waals surface area contributed by atoms with E-state index in [1.807, 2.05) is 26.8 Å². The second kappa shape index (κ2) is 3.81. The largest absolute Gasteiger partial charge is 0.333 e. The molecule has 2 rings (SSSR count). The minimum absolute atomic E-state index is 0.0904. The average Bonchev–Trinajstić information content (AvgIpc) is 2.15. The molecular formula is C12H15FNOP. The Morgan fingerprint density at radius 3 is 2.69 bits per heavy atom. The highest BCUT2D eigenvalue weighted by Crippen LogP contribution is 2.32. The molecule has 4 heteroatoms. The minimum Gasteiger partial charge on any atom is -0.333 e. The molecule has 0 bridgehead atoms. The van der Waals surface area contributed by atoms with Crippen LogP contribution in [0.3, 0.4) is 0 Å². The van der Waals surface area contributed by atoms with E-state index in [1.54, 1.807) is 0 Å². The van der Waals surface area contributed by atoms with Crippen LogP contribution in [0.15, 0.2) is 12.1 Å². The van der Waals surface area contributed by atoms with Crippen molar-refractivity contribution in [2.75, 3.05) is 0 Å². The summed E-state index contributed by atoms with van der Waals surface area (Å²) in [6.45, 7) is 6.12. The number of halogens is 1. The molecule has 16 heavy (non-hydrogen) atoms. The summed E-state index contributed by atoms with van der Waals surface area (Å²) in [6.07, 6.45) is 0.738. The van der Waals surface area contributed by atoms with E-state index in [4.69, 9.17) is 0 Å². The topological polar surface area (TPSA) is 29.1 Å². The molecule has 0 aliphatic carbocycles. The van der Waals surface area contributed by atoms with Crippen LogP contribution >= 0.6 is 8.73 Å². The Kier molecular flexibility index (Phi) is 2.75. The van der Waals surface area contributed by atoms with Crippen molar-refractivity contribution < 1.29 is 9.18 Å². The van der Waals surface area contributed by atoms with Crippen LogP contribution in [0.2, 0.25) is 0 Å². The van der Waals surface area contributed by atoms with E-state index in [9.17, 15) is 9.18 Å². The van der Waals surface area contributed by atoms with Crippen molar-refractivity contribution in [1.82, 2.24) is 5.09 Å². The highest BCUT2D eigenvalue weighted by molar-refractivity contribution is 7.36. The first-order chi connectivity index (χ1) is 7.39. The zero-order valence-electron chi connectivity index (χ0n) is 9.65. The molecule has 1 atom stereocenters. The fourth-order valence-corrected chi connectivity index (χ4v) is 2.62. The van der Waals surface area contributed by atoms with Gasteiger partial charge in [0.05, 0.1) is 5.56 Å². The molecule has 1 aliphatic heterocycles. The lowest BCUT2D eigenvalue weighted by atomic mass is 9.85. The monoisotopic (exact) mass is 239 g/mol. The fraction of sp³-hybridized carbons (Fsp3) is 0.417. The van der Waals surface area contributed by atoms with E-state index in [0.29, 0.717) is 8.73 Å². The van der Waals surface area contributed by atoms with Gasteiger partial charge < -0.3 is 5.09 Å². The van der Waals surface area contributed by atoms with Gasteiger partial charge in [-0.05, 0) is 31.3 Å². The summed E-state index contributed by atoms with van der Waals surface area (Å²) in [7, 11) is 0.359. The molecular weight excluding hydrogens is 224 g/mol. The molecule has 2 nitrogen and oxygen atoms in total. The Morgan fingerprint density at radius 1 is 1.38 bits per heavy atom. The molecule has 0 aromatic heterocycles. The summed E-state index contributed by atoms with van der Waals surface area (Å²) < 4.78 is 13.9. The van der Waals surface area contributed by atoms with Gasteiger partial charge in [0, 0.05) is 6.16 Å². The summed E-state index contributed by atoms with van der Waals surface area (Å²) >= 11 is 0. The molecule has 0 fully saturated rings. The summed E-state index contributed by atoms with van der Waals surface area (Å²) in [5, 5.41) is 2.69. The molecule has 0 radical (unpaired) electrons. The number of carbonyl (C=O) groups excluding carboxylic acids is 1. The van der Waals surface area contributed by atoms with E-state index in [1.165, 1.54) is 6.07 Å². The zero-order valence-corrected chi connectivity index (χ0v) is 10.6. The second-order valence-corrected chi connectivity index (χ2v) is 6.01. The SMILES string of the molecule is CC(C)(C)c1cc(F)c2c(c1)CPNC2=O. The molecule has 1 unspecified atom stereocenters. The maximum Gasteiger partial charge on any atom is 0.257 e. The number of hydrogen-bond acceptors (Lipinski definition) is 1. The Balaban J connectivity index is 2.58. The zero-order chi connectivity index (χ0) is 11.9. The summed E-state index contributed by atoms with van der Waals surface area (Å²) in [5.41, 5.74) is 1.93. The van der Waals surface area contributed by atoms with Gasteiger partial charge in [0.25, 0.3) is 5.91 Å². The molecule has 0 saturated carbocycles. The van der Waals surface area contributed by atoms with E-state index in [-0.39, 0.29) is 16.9 Å². The van der Waals surface area contributed by atoms with Gasteiger partial charge in [-0.3, -0.25) is 4.79 Å². The summed E-state index contributed by atoms with van der Waals surface area (Å²) in [6, 6.07) is 3.44. The van der Waals surface area contributed by atoms with Crippen LogP contribution in [0.25, 0.3) is 0 Å². The first-order valence-electron chi connectivity index (χ1n) is 5.25. The average molecular weight is 239 g/mol. The van der Waals surface area contributed by atoms with Gasteiger partial charge in [0.2, 0.25) is 0 Å². The first kappa shape index (κ1) is 11.5. The highest BCUT2D eigenvalue weighted by Gasteiger charge is 2.24. The van der Waals surface area contributed by atoms with Crippen molar-refractivity contribution in [3.63, 3.8) is 0 Å². The Hall–Kier alpha value is -0.950. The van der Waals surface area contributed by atoms with Gasteiger partial charge in [0.1, 0.15) is 5.82 Å². The normalized spacial score (nSPS) is 17.1. The number of carbonyl (C=O) groups is 1. The van der Waals surface area contributed by atoms with Crippen molar-refractivity contribution in [2.24, 2.45) is 0 Å². The van der Waals surface area contributed by atoms with E-state index in [2.05, 4.69) is 5.09 Å². The van der Waals surface area contributed by atoms with E-state index in [0.717, 1.165) is 17.3 Å². The van der Waals surface area contributed by atoms with Crippen LogP contribution < -0.4 is 5.09 Å². The number of benzene rings is 1. The maximum atomic E-state index is 13.9. The van der Waals surface area contributed by atoms with Gasteiger partial charge in [-0.25, -0.2) is 4.39 Å². The van der Waals surface area contributed by atoms with Gasteiger partial charge in [-0.2, -0.15) is 0 Å². The van der Waals surface area contributed by atoms with Gasteiger partial charge in [-0.1, -0.05) is 26.8 Å². The van der Waals surface area contributed by atoms with E-state index < -0.39 is 5.82 Å². The second-order valence-electron chi connectivity index (χ2n) is 5.05. The maximum absolute atomic E-state index is 13.9. The smallest absolute Gasteiger partial charge is 0.257 e. The van der Waals surface area contributed by atoms with Crippen molar-refractivity contribution in [1.29, 1.82) is 0 Å². The predicted octanol–water partition coefficient (Wildman–Crippen LogP) is 2.96. The summed E-state index contributed by atoms with van der Waals surface area (Å²) in [5.74, 6) is -0.679. The number of rotatable bonds is 0. The van der Waals surface area contributed by atoms with Crippen molar-refractivity contribution in [3.05, 3.63) is 34.6 Å². The quantitative estimate of drug-likeness (QED) is 0.693. The molecule has 1 aromatic carbocycles. The van der Waals surface area contributed by atoms with Crippen molar-refractivity contribution in [2.45, 2.75) is 32.3 Å². The Morgan fingerprint density at radius 2 is 2.06 bits per heavy atom. The molecule has 0 saturated heterocycles. The number of nitrogens with one attached hydrogen (secondary N) is 1. The van der Waals surface area contributed by atoms with Crippen LogP contribution in [0.5, 0.6) is 0 Å². The Labute approximate surface area is 96.5 Å². The number of fused-ring (bicyclic) bond motifs is 1. The van der Waals surface area contributed by atoms with Gasteiger partial charge >= 0.3 is 0 Å². The molecule has 1 aromatic rings. The third-order valence-electron chi connectivity index (χ3n) is 2.75. The molecule has 1 N–H and O–H groups in total. The molecule has 0 spiro atoms. The lowest BCUT2D eigenvalue weighted by molar-refractivity contribution is 0.0976. The number of amides is 1. The van der Waals surface area contributed by atoms with E-state index >= 15 is 0 Å². The standard InChI is InChI=1S/C12H15FNOP/c1-12(2,3)8-4-7-6-16-14-11(15)10(7)9(13)5-8/h4-5,16H,6H2,1-3H3,(H,14,15). The third-order valence-corrected chi connectivity index (χ3v) is 3.71. The predicted molar refractivity (Wildman–Crippen MR) is 64.6 cm³/mol. The molecule has 86 valence electrons. The van der Waals surface area contributed by atoms with Crippen molar-refractivity contribution >= 4 is 14.6 Å². The lowest BCUT2D eigenvalue weighted by Gasteiger charge is -2.23. The fourth-order valence-electron chi connectivity index (χ4n) is 1.77. The molecule has 1 heterocycles. The van der Waals surface area contributed by atoms with Crippen LogP contribution in [0.1, 0.15) is 42.3 Å². The van der Waals surface area contributed by atoms with Crippen LogP contribution in [0, 0.1) is 5.82 Å². The number of hydrogen-bond donors (Lipinski definition) is 1. The Bertz CT molecular complexity index is 451. The van der Waals surface area contributed by atoms with Crippen LogP contribution in [-0.2, 0) is 11.6 Å². The van der Waals surface area contributed by atoms with Crippen LogP contribution in [-0.4, -0.2) is 5.91 Å². The van der Waals surface area contributed by atoms with Crippen LogP contribution in [0.4, 0.5) is 4.39 Å². The summed E-state index contributed by atoms with van der Waals surface area (Å²) in [4.78, 5) is 11.5. The first-order valence-corrected chi connectivity index (χ1v) is 6.46. The van der Waals surface area contributed by atoms with Gasteiger partial charge in [-0.15, -0.1) is 0 Å². The molecule has 1 aliphatic rings. The highest BCUT2D eigenvalue weighted by atomic mass is 31.1. The van der Waals surface area contributed by atoms with Gasteiger partial charge in [0.15, 0.2) is 0 Å². The molecule has 1 amide bonds.